The lowest BCUT2D eigenvalue weighted by molar-refractivity contribution is 0.0679. The molecule has 1 amide bonds. The zero-order valence-corrected chi connectivity index (χ0v) is 17.6. The van der Waals surface area contributed by atoms with Crippen LogP contribution in [0.15, 0.2) is 48.5 Å². The number of hydrogen-bond donors (Lipinski definition) is 1. The van der Waals surface area contributed by atoms with Crippen molar-refractivity contribution in [1.82, 2.24) is 9.78 Å². The Morgan fingerprint density at radius 2 is 1.87 bits per heavy atom. The number of ether oxygens (including phenoxy) is 2. The molecule has 1 aromatic heterocycles. The number of anilines is 1. The summed E-state index contributed by atoms with van der Waals surface area (Å²) in [6, 6.07) is 15.3. The lowest BCUT2D eigenvalue weighted by atomic mass is 10.1. The molecule has 1 fully saturated rings. The van der Waals surface area contributed by atoms with Crippen LogP contribution in [0.3, 0.4) is 0 Å². The Morgan fingerprint density at radius 3 is 2.53 bits per heavy atom. The molecule has 6 heteroatoms. The number of carbonyl (C=O) groups is 1. The summed E-state index contributed by atoms with van der Waals surface area (Å²) in [5.74, 6) is 1.19. The van der Waals surface area contributed by atoms with E-state index < -0.39 is 0 Å². The minimum Gasteiger partial charge on any atom is -0.491 e. The fourth-order valence-electron chi connectivity index (χ4n) is 3.71. The fraction of sp³-hybridized carbons (Fsp3) is 0.333. The van der Waals surface area contributed by atoms with E-state index in [0.29, 0.717) is 18.0 Å². The van der Waals surface area contributed by atoms with Gasteiger partial charge >= 0.3 is 0 Å². The highest BCUT2D eigenvalue weighted by Crippen LogP contribution is 2.21. The molecule has 0 spiro atoms. The van der Waals surface area contributed by atoms with Crippen LogP contribution in [-0.2, 0) is 4.74 Å². The van der Waals surface area contributed by atoms with Gasteiger partial charge in [0.25, 0.3) is 5.91 Å². The van der Waals surface area contributed by atoms with E-state index in [9.17, 15) is 4.79 Å². The standard InChI is InChI=1S/C24H27N3O3/c1-16-11-17(2)13-20(12-16)27-23(14-18(3)26-27)25-24(28)19-6-8-21(9-7-19)30-15-22-5-4-10-29-22/h6-9,11-14,22H,4-5,10,15H2,1-3H3,(H,25,28). The SMILES string of the molecule is Cc1cc(C)cc(-n2nc(C)cc2NC(=O)c2ccc(OCC3CCCO3)cc2)c1. The maximum atomic E-state index is 12.8. The molecule has 156 valence electrons. The van der Waals surface area contributed by atoms with Gasteiger partial charge in [0.2, 0.25) is 0 Å². The quantitative estimate of drug-likeness (QED) is 0.651. The normalized spacial score (nSPS) is 15.9. The minimum atomic E-state index is -0.189. The van der Waals surface area contributed by atoms with E-state index in [1.807, 2.05) is 39.0 Å². The molecule has 0 aliphatic carbocycles. The average Bonchev–Trinajstić information content (AvgIpc) is 3.35. The fourth-order valence-corrected chi connectivity index (χ4v) is 3.71. The maximum absolute atomic E-state index is 12.8. The molecular weight excluding hydrogens is 378 g/mol. The molecule has 1 saturated heterocycles. The molecule has 1 aliphatic heterocycles. The zero-order chi connectivity index (χ0) is 21.1. The van der Waals surface area contributed by atoms with Crippen molar-refractivity contribution >= 4 is 11.7 Å². The Bertz CT molecular complexity index is 1010. The van der Waals surface area contributed by atoms with Crippen molar-refractivity contribution in [1.29, 1.82) is 0 Å². The maximum Gasteiger partial charge on any atom is 0.256 e. The van der Waals surface area contributed by atoms with Crippen LogP contribution in [0.4, 0.5) is 5.82 Å². The van der Waals surface area contributed by atoms with E-state index >= 15 is 0 Å². The topological polar surface area (TPSA) is 65.4 Å². The van der Waals surface area contributed by atoms with E-state index in [4.69, 9.17) is 9.47 Å². The van der Waals surface area contributed by atoms with Crippen molar-refractivity contribution in [2.24, 2.45) is 0 Å². The van der Waals surface area contributed by atoms with Crippen LogP contribution in [0.1, 0.15) is 40.0 Å². The van der Waals surface area contributed by atoms with Gasteiger partial charge < -0.3 is 14.8 Å². The Kier molecular flexibility index (Phi) is 5.86. The number of nitrogens with zero attached hydrogens (tertiary/aromatic N) is 2. The number of aryl methyl sites for hydroxylation is 3. The van der Waals surface area contributed by atoms with Crippen molar-refractivity contribution in [3.63, 3.8) is 0 Å². The smallest absolute Gasteiger partial charge is 0.256 e. The molecule has 4 rings (SSSR count). The molecular formula is C24H27N3O3. The molecule has 6 nitrogen and oxygen atoms in total. The number of rotatable bonds is 6. The Hall–Kier alpha value is -3.12. The van der Waals surface area contributed by atoms with Gasteiger partial charge in [-0.1, -0.05) is 6.07 Å². The third-order valence-corrected chi connectivity index (χ3v) is 5.10. The van der Waals surface area contributed by atoms with Gasteiger partial charge in [-0.2, -0.15) is 5.10 Å². The molecule has 30 heavy (non-hydrogen) atoms. The second-order valence-electron chi connectivity index (χ2n) is 7.85. The third-order valence-electron chi connectivity index (χ3n) is 5.10. The van der Waals surface area contributed by atoms with Crippen LogP contribution in [0.25, 0.3) is 5.69 Å². The second-order valence-corrected chi connectivity index (χ2v) is 7.85. The van der Waals surface area contributed by atoms with Crippen LogP contribution in [-0.4, -0.2) is 35.0 Å². The van der Waals surface area contributed by atoms with Gasteiger partial charge in [-0.25, -0.2) is 4.68 Å². The molecule has 0 bridgehead atoms. The van der Waals surface area contributed by atoms with Crippen LogP contribution >= 0.6 is 0 Å². The van der Waals surface area contributed by atoms with Crippen LogP contribution < -0.4 is 10.1 Å². The van der Waals surface area contributed by atoms with Crippen molar-refractivity contribution < 1.29 is 14.3 Å². The van der Waals surface area contributed by atoms with E-state index in [1.165, 1.54) is 0 Å². The highest BCUT2D eigenvalue weighted by Gasteiger charge is 2.16. The summed E-state index contributed by atoms with van der Waals surface area (Å²) in [6.45, 7) is 7.36. The highest BCUT2D eigenvalue weighted by atomic mass is 16.5. The highest BCUT2D eigenvalue weighted by molar-refractivity contribution is 6.04. The number of hydrogen-bond acceptors (Lipinski definition) is 4. The molecule has 1 unspecified atom stereocenters. The van der Waals surface area contributed by atoms with Gasteiger partial charge in [0.1, 0.15) is 18.2 Å². The minimum absolute atomic E-state index is 0.168. The lowest BCUT2D eigenvalue weighted by Gasteiger charge is -2.12. The summed E-state index contributed by atoms with van der Waals surface area (Å²) >= 11 is 0. The van der Waals surface area contributed by atoms with E-state index in [1.54, 1.807) is 16.8 Å². The van der Waals surface area contributed by atoms with E-state index in [2.05, 4.69) is 28.6 Å². The van der Waals surface area contributed by atoms with Gasteiger partial charge in [-0.3, -0.25) is 4.79 Å². The summed E-state index contributed by atoms with van der Waals surface area (Å²) in [5, 5.41) is 7.54. The molecule has 2 aromatic carbocycles. The van der Waals surface area contributed by atoms with Crippen LogP contribution in [0.5, 0.6) is 5.75 Å². The summed E-state index contributed by atoms with van der Waals surface area (Å²) < 4.78 is 13.1. The predicted octanol–water partition coefficient (Wildman–Crippen LogP) is 4.61. The monoisotopic (exact) mass is 405 g/mol. The summed E-state index contributed by atoms with van der Waals surface area (Å²) in [5.41, 5.74) is 4.62. The second kappa shape index (κ2) is 8.71. The zero-order valence-electron chi connectivity index (χ0n) is 17.6. The molecule has 1 aliphatic rings. The molecule has 1 atom stereocenters. The number of amides is 1. The average molecular weight is 405 g/mol. The van der Waals surface area contributed by atoms with Gasteiger partial charge in [0.15, 0.2) is 0 Å². The Balaban J connectivity index is 1.46. The van der Waals surface area contributed by atoms with E-state index in [-0.39, 0.29) is 12.0 Å². The lowest BCUT2D eigenvalue weighted by Crippen LogP contribution is -2.17. The predicted molar refractivity (Wildman–Crippen MR) is 117 cm³/mol. The summed E-state index contributed by atoms with van der Waals surface area (Å²) in [6.07, 6.45) is 2.29. The van der Waals surface area contributed by atoms with Crippen molar-refractivity contribution in [2.45, 2.75) is 39.7 Å². The third kappa shape index (κ3) is 4.71. The first-order valence-corrected chi connectivity index (χ1v) is 10.3. The first kappa shape index (κ1) is 20.2. The van der Waals surface area contributed by atoms with Gasteiger partial charge in [-0.15, -0.1) is 0 Å². The molecule has 2 heterocycles. The molecule has 1 N–H and O–H groups in total. The number of benzene rings is 2. The molecule has 0 saturated carbocycles. The largest absolute Gasteiger partial charge is 0.491 e. The molecule has 0 radical (unpaired) electrons. The van der Waals surface area contributed by atoms with Crippen LogP contribution in [0, 0.1) is 20.8 Å². The number of carbonyl (C=O) groups excluding carboxylic acids is 1. The Morgan fingerprint density at radius 1 is 1.13 bits per heavy atom. The van der Waals surface area contributed by atoms with Crippen molar-refractivity contribution in [3.05, 3.63) is 70.9 Å². The van der Waals surface area contributed by atoms with Gasteiger partial charge in [0, 0.05) is 18.2 Å². The first-order chi connectivity index (χ1) is 14.5. The van der Waals surface area contributed by atoms with E-state index in [0.717, 1.165) is 47.7 Å². The number of nitrogens with one attached hydrogen (secondary N) is 1. The summed E-state index contributed by atoms with van der Waals surface area (Å²) in [7, 11) is 0. The van der Waals surface area contributed by atoms with Crippen molar-refractivity contribution in [2.75, 3.05) is 18.5 Å². The Labute approximate surface area is 176 Å². The molecule has 3 aromatic rings. The van der Waals surface area contributed by atoms with Crippen molar-refractivity contribution in [3.8, 4) is 11.4 Å². The summed E-state index contributed by atoms with van der Waals surface area (Å²) in [4.78, 5) is 12.8. The number of aromatic nitrogens is 2. The van der Waals surface area contributed by atoms with Crippen LogP contribution in [0.2, 0.25) is 0 Å². The van der Waals surface area contributed by atoms with Gasteiger partial charge in [-0.05, 0) is 81.1 Å². The van der Waals surface area contributed by atoms with Gasteiger partial charge in [0.05, 0.1) is 17.5 Å². The first-order valence-electron chi connectivity index (χ1n) is 10.3.